The van der Waals surface area contributed by atoms with Crippen molar-refractivity contribution in [2.45, 2.75) is 25.7 Å². The Morgan fingerprint density at radius 3 is 2.76 bits per heavy atom. The number of non-ortho nitro benzene ring substituents is 1. The van der Waals surface area contributed by atoms with Crippen LogP contribution in [0.5, 0.6) is 0 Å². The van der Waals surface area contributed by atoms with Crippen LogP contribution in [-0.4, -0.2) is 50.1 Å². The fourth-order valence-corrected chi connectivity index (χ4v) is 3.78. The maximum absolute atomic E-state index is 12.5. The zero-order valence-electron chi connectivity index (χ0n) is 15.3. The Bertz CT molecular complexity index is 871. The summed E-state index contributed by atoms with van der Waals surface area (Å²) in [7, 11) is 0. The Hall–Kier alpha value is -2.79. The van der Waals surface area contributed by atoms with Crippen LogP contribution < -0.4 is 5.32 Å². The highest BCUT2D eigenvalue weighted by Crippen LogP contribution is 2.32. The number of nitro groups is 1. The van der Waals surface area contributed by atoms with Crippen LogP contribution in [0.3, 0.4) is 0 Å². The monoisotopic (exact) mass is 437 g/mol. The van der Waals surface area contributed by atoms with Gasteiger partial charge in [-0.1, -0.05) is 42.5 Å². The lowest BCUT2D eigenvalue weighted by Crippen LogP contribution is -2.39. The van der Waals surface area contributed by atoms with Crippen molar-refractivity contribution in [2.75, 3.05) is 13.1 Å². The van der Waals surface area contributed by atoms with E-state index in [2.05, 4.69) is 5.32 Å². The topological polar surface area (TPSA) is 130 Å². The summed E-state index contributed by atoms with van der Waals surface area (Å²) in [6, 6.07) is 5.86. The minimum Gasteiger partial charge on any atom is -0.481 e. The highest BCUT2D eigenvalue weighted by molar-refractivity contribution is 8.26. The number of unbranched alkanes of at least 4 members (excludes halogenated alkanes) is 2. The van der Waals surface area contributed by atoms with Gasteiger partial charge in [0.1, 0.15) is 10.9 Å². The number of benzene rings is 1. The van der Waals surface area contributed by atoms with Crippen molar-refractivity contribution in [1.82, 2.24) is 10.2 Å². The summed E-state index contributed by atoms with van der Waals surface area (Å²) in [6.45, 7) is 0.169. The number of thiocarbonyl (C=S) groups is 1. The summed E-state index contributed by atoms with van der Waals surface area (Å²) in [4.78, 5) is 46.8. The van der Waals surface area contributed by atoms with Crippen molar-refractivity contribution < 1.29 is 24.4 Å². The van der Waals surface area contributed by atoms with Gasteiger partial charge in [-0.2, -0.15) is 0 Å². The molecule has 1 aliphatic heterocycles. The smallest absolute Gasteiger partial charge is 0.303 e. The molecule has 0 saturated carbocycles. The van der Waals surface area contributed by atoms with Gasteiger partial charge >= 0.3 is 5.97 Å². The standard InChI is InChI=1S/C18H19N3O6S2/c22-15(19-8-3-1-2-7-16(23)24)11-20-17(25)14(29-18(20)28)10-12-5-4-6-13(9-12)21(26)27/h4-6,9-10H,1-3,7-8,11H2,(H,19,22)(H,23,24)/b14-10-. The van der Waals surface area contributed by atoms with Crippen molar-refractivity contribution in [3.63, 3.8) is 0 Å². The molecule has 11 heteroatoms. The van der Waals surface area contributed by atoms with Gasteiger partial charge in [0.05, 0.1) is 9.83 Å². The number of carboxylic acids is 1. The molecular formula is C18H19N3O6S2. The molecule has 29 heavy (non-hydrogen) atoms. The molecule has 0 unspecified atom stereocenters. The molecule has 0 bridgehead atoms. The van der Waals surface area contributed by atoms with E-state index in [0.717, 1.165) is 11.8 Å². The molecule has 1 aliphatic rings. The molecule has 1 fully saturated rings. The van der Waals surface area contributed by atoms with Crippen LogP contribution in [0.25, 0.3) is 6.08 Å². The van der Waals surface area contributed by atoms with Crippen molar-refractivity contribution in [1.29, 1.82) is 0 Å². The number of nitrogens with zero attached hydrogens (tertiary/aromatic N) is 2. The van der Waals surface area contributed by atoms with Gasteiger partial charge in [0.25, 0.3) is 11.6 Å². The number of hydrogen-bond donors (Lipinski definition) is 2. The van der Waals surface area contributed by atoms with Gasteiger partial charge in [0.2, 0.25) is 5.91 Å². The molecule has 1 aromatic carbocycles. The maximum atomic E-state index is 12.5. The Kier molecular flexibility index (Phi) is 8.28. The van der Waals surface area contributed by atoms with Crippen LogP contribution in [0.2, 0.25) is 0 Å². The maximum Gasteiger partial charge on any atom is 0.303 e. The predicted octanol–water partition coefficient (Wildman–Crippen LogP) is 2.56. The average Bonchev–Trinajstić information content (AvgIpc) is 2.92. The summed E-state index contributed by atoms with van der Waals surface area (Å²) in [6.07, 6.45) is 3.47. The fourth-order valence-electron chi connectivity index (χ4n) is 2.52. The van der Waals surface area contributed by atoms with E-state index >= 15 is 0 Å². The van der Waals surface area contributed by atoms with Gasteiger partial charge in [0, 0.05) is 25.1 Å². The van der Waals surface area contributed by atoms with E-state index in [-0.39, 0.29) is 33.8 Å². The van der Waals surface area contributed by atoms with Crippen molar-refractivity contribution in [2.24, 2.45) is 0 Å². The zero-order valence-corrected chi connectivity index (χ0v) is 17.0. The summed E-state index contributed by atoms with van der Waals surface area (Å²) < 4.78 is 0.239. The first-order valence-electron chi connectivity index (χ1n) is 8.76. The van der Waals surface area contributed by atoms with E-state index in [9.17, 15) is 24.5 Å². The van der Waals surface area contributed by atoms with Gasteiger partial charge in [-0.25, -0.2) is 0 Å². The van der Waals surface area contributed by atoms with Gasteiger partial charge in [0.15, 0.2) is 0 Å². The minimum absolute atomic E-state index is 0.0861. The number of carbonyl (C=O) groups excluding carboxylic acids is 2. The van der Waals surface area contributed by atoms with E-state index in [1.807, 2.05) is 0 Å². The second-order valence-electron chi connectivity index (χ2n) is 6.17. The third kappa shape index (κ3) is 6.95. The number of carboxylic acid groups (broad SMARTS) is 1. The third-order valence-electron chi connectivity index (χ3n) is 3.94. The summed E-state index contributed by atoms with van der Waals surface area (Å²) in [5.41, 5.74) is 0.405. The molecule has 0 radical (unpaired) electrons. The molecule has 0 spiro atoms. The zero-order chi connectivity index (χ0) is 21.4. The van der Waals surface area contributed by atoms with Crippen LogP contribution in [0, 0.1) is 10.1 Å². The van der Waals surface area contributed by atoms with E-state index in [4.69, 9.17) is 17.3 Å². The SMILES string of the molecule is O=C(O)CCCCCNC(=O)CN1C(=O)/C(=C/c2cccc([N+](=O)[O-])c2)SC1=S. The fraction of sp³-hybridized carbons (Fsp3) is 0.333. The summed E-state index contributed by atoms with van der Waals surface area (Å²) in [5, 5.41) is 22.1. The highest BCUT2D eigenvalue weighted by Gasteiger charge is 2.33. The number of nitrogens with one attached hydrogen (secondary N) is 1. The predicted molar refractivity (Wildman–Crippen MR) is 112 cm³/mol. The lowest BCUT2D eigenvalue weighted by atomic mass is 10.2. The van der Waals surface area contributed by atoms with Crippen LogP contribution in [0.4, 0.5) is 5.69 Å². The van der Waals surface area contributed by atoms with E-state index in [0.29, 0.717) is 31.4 Å². The molecule has 0 aliphatic carbocycles. The van der Waals surface area contributed by atoms with Crippen molar-refractivity contribution in [3.05, 3.63) is 44.8 Å². The molecule has 0 aromatic heterocycles. The molecule has 9 nitrogen and oxygen atoms in total. The molecule has 0 atom stereocenters. The van der Waals surface area contributed by atoms with Gasteiger partial charge in [-0.15, -0.1) is 0 Å². The first kappa shape index (κ1) is 22.5. The largest absolute Gasteiger partial charge is 0.481 e. The van der Waals surface area contributed by atoms with Gasteiger partial charge in [-0.3, -0.25) is 29.4 Å². The molecule has 2 amide bonds. The second kappa shape index (κ2) is 10.7. The first-order chi connectivity index (χ1) is 13.8. The number of amides is 2. The third-order valence-corrected chi connectivity index (χ3v) is 5.32. The second-order valence-corrected chi connectivity index (χ2v) is 7.85. The number of hydrogen-bond acceptors (Lipinski definition) is 7. The van der Waals surface area contributed by atoms with Crippen LogP contribution in [0.15, 0.2) is 29.2 Å². The summed E-state index contributed by atoms with van der Waals surface area (Å²) >= 11 is 6.21. The molecule has 154 valence electrons. The molecule has 2 N–H and O–H groups in total. The number of thioether (sulfide) groups is 1. The average molecular weight is 437 g/mol. The Balaban J connectivity index is 1.88. The van der Waals surface area contributed by atoms with Crippen molar-refractivity contribution in [3.8, 4) is 0 Å². The number of nitro benzene ring substituents is 1. The quantitative estimate of drug-likeness (QED) is 0.188. The van der Waals surface area contributed by atoms with Gasteiger partial charge < -0.3 is 10.4 Å². The Morgan fingerprint density at radius 1 is 1.31 bits per heavy atom. The molecule has 1 heterocycles. The lowest BCUT2D eigenvalue weighted by Gasteiger charge is -2.14. The molecule has 1 saturated heterocycles. The van der Waals surface area contributed by atoms with Crippen LogP contribution in [-0.2, 0) is 14.4 Å². The Morgan fingerprint density at radius 2 is 2.07 bits per heavy atom. The molecular weight excluding hydrogens is 418 g/mol. The van der Waals surface area contributed by atoms with Crippen LogP contribution in [0.1, 0.15) is 31.2 Å². The number of aliphatic carboxylic acids is 1. The number of rotatable bonds is 10. The van der Waals surface area contributed by atoms with E-state index < -0.39 is 16.8 Å². The molecule has 2 rings (SSSR count). The van der Waals surface area contributed by atoms with E-state index in [1.165, 1.54) is 29.2 Å². The first-order valence-corrected chi connectivity index (χ1v) is 9.98. The molecule has 1 aromatic rings. The summed E-state index contributed by atoms with van der Waals surface area (Å²) in [5.74, 6) is -1.64. The van der Waals surface area contributed by atoms with Crippen LogP contribution >= 0.6 is 24.0 Å². The van der Waals surface area contributed by atoms with Gasteiger partial charge in [-0.05, 0) is 24.5 Å². The van der Waals surface area contributed by atoms with Crippen molar-refractivity contribution >= 4 is 57.8 Å². The lowest BCUT2D eigenvalue weighted by molar-refractivity contribution is -0.384. The van der Waals surface area contributed by atoms with E-state index in [1.54, 1.807) is 6.07 Å². The minimum atomic E-state index is -0.846. The normalized spacial score (nSPS) is 15.0. The number of carbonyl (C=O) groups is 3. The highest BCUT2D eigenvalue weighted by atomic mass is 32.2. The Labute approximate surface area is 176 Å².